The van der Waals surface area contributed by atoms with Crippen LogP contribution in [0.3, 0.4) is 0 Å². The standard InChI is InChI=1S/C12H24N2/c1-3-12-8-4-5-9-14(12)13-10-6-7-11(13)2/h11-12H,3-10H2,1-2H3. The van der Waals surface area contributed by atoms with E-state index in [1.807, 2.05) is 0 Å². The van der Waals surface area contributed by atoms with Gasteiger partial charge in [-0.15, -0.1) is 0 Å². The molecular formula is C12H24N2. The first kappa shape index (κ1) is 10.4. The molecule has 0 bridgehead atoms. The highest BCUT2D eigenvalue weighted by molar-refractivity contribution is 4.80. The van der Waals surface area contributed by atoms with Crippen molar-refractivity contribution < 1.29 is 0 Å². The van der Waals surface area contributed by atoms with Gasteiger partial charge in [-0.1, -0.05) is 13.3 Å². The molecule has 2 rings (SSSR count). The van der Waals surface area contributed by atoms with Crippen LogP contribution in [-0.2, 0) is 0 Å². The molecule has 82 valence electrons. The van der Waals surface area contributed by atoms with E-state index in [1.165, 1.54) is 51.6 Å². The predicted octanol–water partition coefficient (Wildman–Crippen LogP) is 2.65. The van der Waals surface area contributed by atoms with Crippen molar-refractivity contribution in [2.24, 2.45) is 0 Å². The van der Waals surface area contributed by atoms with Crippen LogP contribution in [0.1, 0.15) is 52.4 Å². The molecule has 2 unspecified atom stereocenters. The van der Waals surface area contributed by atoms with E-state index in [-0.39, 0.29) is 0 Å². The highest BCUT2D eigenvalue weighted by Gasteiger charge is 2.31. The van der Waals surface area contributed by atoms with Crippen LogP contribution in [0.25, 0.3) is 0 Å². The lowest BCUT2D eigenvalue weighted by Crippen LogP contribution is -2.52. The maximum Gasteiger partial charge on any atom is 0.0243 e. The molecule has 0 aromatic rings. The van der Waals surface area contributed by atoms with Gasteiger partial charge in [0, 0.05) is 25.2 Å². The summed E-state index contributed by atoms with van der Waals surface area (Å²) < 4.78 is 0. The Morgan fingerprint density at radius 1 is 1.00 bits per heavy atom. The second-order valence-electron chi connectivity index (χ2n) is 4.88. The molecular weight excluding hydrogens is 172 g/mol. The molecule has 2 nitrogen and oxygen atoms in total. The topological polar surface area (TPSA) is 6.48 Å². The van der Waals surface area contributed by atoms with E-state index >= 15 is 0 Å². The minimum absolute atomic E-state index is 0.794. The molecule has 0 aromatic heterocycles. The summed E-state index contributed by atoms with van der Waals surface area (Å²) in [5.41, 5.74) is 0. The molecule has 0 aromatic carbocycles. The van der Waals surface area contributed by atoms with Gasteiger partial charge in [0.15, 0.2) is 0 Å². The fourth-order valence-corrected chi connectivity index (χ4v) is 3.04. The highest BCUT2D eigenvalue weighted by Crippen LogP contribution is 2.27. The molecule has 0 N–H and O–H groups in total. The maximum absolute atomic E-state index is 2.68. The van der Waals surface area contributed by atoms with Gasteiger partial charge in [0.1, 0.15) is 0 Å². The van der Waals surface area contributed by atoms with Gasteiger partial charge in [0.2, 0.25) is 0 Å². The van der Waals surface area contributed by atoms with Gasteiger partial charge in [0.05, 0.1) is 0 Å². The zero-order valence-corrected chi connectivity index (χ0v) is 9.71. The monoisotopic (exact) mass is 196 g/mol. The van der Waals surface area contributed by atoms with E-state index in [0.717, 1.165) is 12.1 Å². The second-order valence-corrected chi connectivity index (χ2v) is 4.88. The Hall–Kier alpha value is -0.0800. The fourth-order valence-electron chi connectivity index (χ4n) is 3.04. The van der Waals surface area contributed by atoms with Crippen molar-refractivity contribution in [2.75, 3.05) is 13.1 Å². The summed E-state index contributed by atoms with van der Waals surface area (Å²) >= 11 is 0. The Morgan fingerprint density at radius 2 is 1.79 bits per heavy atom. The maximum atomic E-state index is 2.68. The van der Waals surface area contributed by atoms with Crippen LogP contribution >= 0.6 is 0 Å². The van der Waals surface area contributed by atoms with Gasteiger partial charge in [-0.2, -0.15) is 0 Å². The molecule has 0 radical (unpaired) electrons. The zero-order chi connectivity index (χ0) is 9.97. The van der Waals surface area contributed by atoms with E-state index in [4.69, 9.17) is 0 Å². The lowest BCUT2D eigenvalue weighted by molar-refractivity contribution is -0.0842. The third kappa shape index (κ3) is 1.96. The van der Waals surface area contributed by atoms with Crippen molar-refractivity contribution in [3.05, 3.63) is 0 Å². The molecule has 14 heavy (non-hydrogen) atoms. The summed E-state index contributed by atoms with van der Waals surface area (Å²) in [6.45, 7) is 7.33. The summed E-state index contributed by atoms with van der Waals surface area (Å²) in [6.07, 6.45) is 8.38. The number of hydrogen-bond donors (Lipinski definition) is 0. The summed E-state index contributed by atoms with van der Waals surface area (Å²) in [4.78, 5) is 0. The van der Waals surface area contributed by atoms with E-state index in [2.05, 4.69) is 23.9 Å². The number of nitrogens with zero attached hydrogens (tertiary/aromatic N) is 2. The number of piperidine rings is 1. The van der Waals surface area contributed by atoms with Crippen LogP contribution in [0, 0.1) is 0 Å². The van der Waals surface area contributed by atoms with E-state index in [1.54, 1.807) is 0 Å². The summed E-state index contributed by atoms with van der Waals surface area (Å²) in [7, 11) is 0. The first-order chi connectivity index (χ1) is 6.83. The van der Waals surface area contributed by atoms with Crippen molar-refractivity contribution in [3.8, 4) is 0 Å². The number of rotatable bonds is 2. The Labute approximate surface area is 88.2 Å². The highest BCUT2D eigenvalue weighted by atomic mass is 15.6. The Bertz CT molecular complexity index is 181. The Kier molecular flexibility index (Phi) is 3.45. The van der Waals surface area contributed by atoms with Crippen molar-refractivity contribution in [3.63, 3.8) is 0 Å². The Morgan fingerprint density at radius 3 is 2.43 bits per heavy atom. The first-order valence-corrected chi connectivity index (χ1v) is 6.36. The quantitative estimate of drug-likeness (QED) is 0.670. The lowest BCUT2D eigenvalue weighted by Gasteiger charge is -2.43. The largest absolute Gasteiger partial charge is 0.239 e. The third-order valence-electron chi connectivity index (χ3n) is 3.92. The minimum atomic E-state index is 0.794. The molecule has 0 amide bonds. The molecule has 2 aliphatic rings. The molecule has 2 saturated heterocycles. The van der Waals surface area contributed by atoms with Crippen LogP contribution in [0.2, 0.25) is 0 Å². The van der Waals surface area contributed by atoms with E-state index < -0.39 is 0 Å². The van der Waals surface area contributed by atoms with Crippen molar-refractivity contribution >= 4 is 0 Å². The number of hydrogen-bond acceptors (Lipinski definition) is 2. The molecule has 0 spiro atoms. The molecule has 2 atom stereocenters. The summed E-state index contributed by atoms with van der Waals surface area (Å²) in [6, 6.07) is 1.63. The zero-order valence-electron chi connectivity index (χ0n) is 9.71. The van der Waals surface area contributed by atoms with Gasteiger partial charge in [-0.05, 0) is 39.0 Å². The molecule has 2 aliphatic heterocycles. The second kappa shape index (κ2) is 4.63. The van der Waals surface area contributed by atoms with Crippen molar-refractivity contribution in [1.29, 1.82) is 0 Å². The third-order valence-corrected chi connectivity index (χ3v) is 3.92. The first-order valence-electron chi connectivity index (χ1n) is 6.36. The average molecular weight is 196 g/mol. The number of hydrazine groups is 1. The Balaban J connectivity index is 1.99. The summed E-state index contributed by atoms with van der Waals surface area (Å²) in [5, 5.41) is 5.33. The van der Waals surface area contributed by atoms with Crippen LogP contribution in [-0.4, -0.2) is 35.2 Å². The lowest BCUT2D eigenvalue weighted by atomic mass is 10.0. The fraction of sp³-hybridized carbons (Fsp3) is 1.00. The van der Waals surface area contributed by atoms with Gasteiger partial charge in [0.25, 0.3) is 0 Å². The van der Waals surface area contributed by atoms with Crippen molar-refractivity contribution in [2.45, 2.75) is 64.5 Å². The average Bonchev–Trinajstić information content (AvgIpc) is 2.64. The van der Waals surface area contributed by atoms with Gasteiger partial charge in [-0.25, -0.2) is 10.0 Å². The SMILES string of the molecule is CCC1CCCCN1N1CCCC1C. The van der Waals surface area contributed by atoms with E-state index in [0.29, 0.717) is 0 Å². The van der Waals surface area contributed by atoms with E-state index in [9.17, 15) is 0 Å². The summed E-state index contributed by atoms with van der Waals surface area (Å²) in [5.74, 6) is 0. The smallest absolute Gasteiger partial charge is 0.0243 e. The molecule has 0 saturated carbocycles. The van der Waals surface area contributed by atoms with Crippen LogP contribution < -0.4 is 0 Å². The van der Waals surface area contributed by atoms with Crippen LogP contribution in [0.4, 0.5) is 0 Å². The van der Waals surface area contributed by atoms with Crippen LogP contribution in [0.15, 0.2) is 0 Å². The molecule has 2 heteroatoms. The van der Waals surface area contributed by atoms with Gasteiger partial charge >= 0.3 is 0 Å². The molecule has 0 aliphatic carbocycles. The minimum Gasteiger partial charge on any atom is -0.239 e. The molecule has 2 fully saturated rings. The van der Waals surface area contributed by atoms with Gasteiger partial charge < -0.3 is 0 Å². The van der Waals surface area contributed by atoms with Crippen molar-refractivity contribution in [1.82, 2.24) is 10.0 Å². The normalized spacial score (nSPS) is 36.4. The molecule has 2 heterocycles. The van der Waals surface area contributed by atoms with Gasteiger partial charge in [-0.3, -0.25) is 0 Å². The van der Waals surface area contributed by atoms with Crippen LogP contribution in [0.5, 0.6) is 0 Å². The predicted molar refractivity (Wildman–Crippen MR) is 60.0 cm³/mol.